The first-order valence-corrected chi connectivity index (χ1v) is 10.9. The smallest absolute Gasteiger partial charge is 0.282 e. The second-order valence-corrected chi connectivity index (χ2v) is 8.00. The van der Waals surface area contributed by atoms with E-state index in [9.17, 15) is 9.59 Å². The monoisotopic (exact) mass is 423 g/mol. The van der Waals surface area contributed by atoms with Crippen LogP contribution in [0.3, 0.4) is 0 Å². The van der Waals surface area contributed by atoms with E-state index in [-0.39, 0.29) is 11.8 Å². The molecule has 0 atom stereocenters. The predicted molar refractivity (Wildman–Crippen MR) is 122 cm³/mol. The Morgan fingerprint density at radius 1 is 0.867 bits per heavy atom. The number of anilines is 2. The highest BCUT2D eigenvalue weighted by atomic mass is 35.5. The summed E-state index contributed by atoms with van der Waals surface area (Å²) in [6.07, 6.45) is 2.05. The molecule has 0 radical (unpaired) electrons. The minimum atomic E-state index is -0.278. The van der Waals surface area contributed by atoms with E-state index in [1.807, 2.05) is 36.4 Å². The summed E-state index contributed by atoms with van der Waals surface area (Å²) >= 11 is 6.04. The van der Waals surface area contributed by atoms with E-state index < -0.39 is 0 Å². The zero-order valence-electron chi connectivity index (χ0n) is 17.4. The Labute approximate surface area is 182 Å². The second kappa shape index (κ2) is 8.52. The summed E-state index contributed by atoms with van der Waals surface area (Å²) in [7, 11) is 0. The van der Waals surface area contributed by atoms with Crippen LogP contribution < -0.4 is 9.80 Å². The van der Waals surface area contributed by atoms with Crippen molar-refractivity contribution in [2.75, 3.05) is 36.0 Å². The molecular weight excluding hydrogens is 398 g/mol. The van der Waals surface area contributed by atoms with Crippen molar-refractivity contribution in [1.82, 2.24) is 4.90 Å². The normalized spacial score (nSPS) is 16.8. The Balaban J connectivity index is 1.73. The standard InChI is InChI=1S/C24H26ClN3O2/c1-3-26(4-2)19-11-13-20(14-12-19)28-23(29)21(17-7-9-18(25)10-8-17)22(24(28)30)27-15-5-6-16-27/h7-14H,3-6,15-16H2,1-2H3. The van der Waals surface area contributed by atoms with Gasteiger partial charge in [-0.25, -0.2) is 4.90 Å². The number of benzene rings is 2. The average Bonchev–Trinajstić information content (AvgIpc) is 3.36. The van der Waals surface area contributed by atoms with Crippen molar-refractivity contribution in [2.24, 2.45) is 0 Å². The van der Waals surface area contributed by atoms with Gasteiger partial charge in [0.05, 0.1) is 11.3 Å². The number of rotatable bonds is 6. The van der Waals surface area contributed by atoms with Crippen molar-refractivity contribution < 1.29 is 9.59 Å². The summed E-state index contributed by atoms with van der Waals surface area (Å²) in [5.74, 6) is -0.526. The molecule has 0 N–H and O–H groups in total. The summed E-state index contributed by atoms with van der Waals surface area (Å²) in [6, 6.07) is 14.8. The molecule has 6 heteroatoms. The molecule has 0 aromatic heterocycles. The first kappa shape index (κ1) is 20.5. The highest BCUT2D eigenvalue weighted by Gasteiger charge is 2.42. The fourth-order valence-electron chi connectivity index (χ4n) is 4.26. The predicted octanol–water partition coefficient (Wildman–Crippen LogP) is 4.57. The summed E-state index contributed by atoms with van der Waals surface area (Å²) in [4.78, 5) is 32.5. The number of halogens is 1. The van der Waals surface area contributed by atoms with Crippen molar-refractivity contribution in [3.8, 4) is 0 Å². The maximum atomic E-state index is 13.5. The number of hydrogen-bond acceptors (Lipinski definition) is 4. The van der Waals surface area contributed by atoms with E-state index in [0.717, 1.165) is 50.3 Å². The van der Waals surface area contributed by atoms with Crippen LogP contribution in [0, 0.1) is 0 Å². The van der Waals surface area contributed by atoms with Crippen molar-refractivity contribution in [3.63, 3.8) is 0 Å². The van der Waals surface area contributed by atoms with E-state index in [4.69, 9.17) is 11.6 Å². The summed E-state index contributed by atoms with van der Waals surface area (Å²) in [5.41, 5.74) is 3.37. The quantitative estimate of drug-likeness (QED) is 0.638. The van der Waals surface area contributed by atoms with Crippen molar-refractivity contribution >= 4 is 40.4 Å². The van der Waals surface area contributed by atoms with Gasteiger partial charge in [0.2, 0.25) is 0 Å². The van der Waals surface area contributed by atoms with Gasteiger partial charge in [-0.3, -0.25) is 9.59 Å². The second-order valence-electron chi connectivity index (χ2n) is 7.56. The van der Waals surface area contributed by atoms with Gasteiger partial charge in [0, 0.05) is 36.9 Å². The third-order valence-corrected chi connectivity index (χ3v) is 6.10. The lowest BCUT2D eigenvalue weighted by Crippen LogP contribution is -2.34. The SMILES string of the molecule is CCN(CC)c1ccc(N2C(=O)C(c3ccc(Cl)cc3)=C(N3CCCC3)C2=O)cc1. The van der Waals surface area contributed by atoms with E-state index >= 15 is 0 Å². The lowest BCUT2D eigenvalue weighted by molar-refractivity contribution is -0.120. The van der Waals surface area contributed by atoms with Crippen LogP contribution in [0.25, 0.3) is 5.57 Å². The Morgan fingerprint density at radius 3 is 2.03 bits per heavy atom. The molecule has 156 valence electrons. The van der Waals surface area contributed by atoms with Gasteiger partial charge in [0.15, 0.2) is 0 Å². The first-order valence-electron chi connectivity index (χ1n) is 10.5. The highest BCUT2D eigenvalue weighted by Crippen LogP contribution is 2.36. The lowest BCUT2D eigenvalue weighted by atomic mass is 10.0. The van der Waals surface area contributed by atoms with Crippen molar-refractivity contribution in [2.45, 2.75) is 26.7 Å². The van der Waals surface area contributed by atoms with Gasteiger partial charge in [0.25, 0.3) is 11.8 Å². The summed E-state index contributed by atoms with van der Waals surface area (Å²) in [5, 5.41) is 0.600. The number of likely N-dealkylation sites (tertiary alicyclic amines) is 1. The molecular formula is C24H26ClN3O2. The molecule has 0 unspecified atom stereocenters. The van der Waals surface area contributed by atoms with Gasteiger partial charge < -0.3 is 9.80 Å². The molecule has 4 rings (SSSR count). The van der Waals surface area contributed by atoms with E-state index in [0.29, 0.717) is 22.0 Å². The van der Waals surface area contributed by atoms with Crippen LogP contribution in [-0.2, 0) is 9.59 Å². The molecule has 0 aliphatic carbocycles. The maximum Gasteiger partial charge on any atom is 0.282 e. The lowest BCUT2D eigenvalue weighted by Gasteiger charge is -2.23. The molecule has 2 heterocycles. The molecule has 2 aliphatic rings. The molecule has 2 aliphatic heterocycles. The van der Waals surface area contributed by atoms with Gasteiger partial charge in [-0.2, -0.15) is 0 Å². The highest BCUT2D eigenvalue weighted by molar-refractivity contribution is 6.45. The van der Waals surface area contributed by atoms with Crippen LogP contribution in [0.1, 0.15) is 32.3 Å². The third-order valence-electron chi connectivity index (χ3n) is 5.85. The minimum Gasteiger partial charge on any atom is -0.372 e. The molecule has 30 heavy (non-hydrogen) atoms. The summed E-state index contributed by atoms with van der Waals surface area (Å²) < 4.78 is 0. The fourth-order valence-corrected chi connectivity index (χ4v) is 4.39. The molecule has 5 nitrogen and oxygen atoms in total. The van der Waals surface area contributed by atoms with E-state index in [1.54, 1.807) is 12.1 Å². The number of nitrogens with zero attached hydrogens (tertiary/aromatic N) is 3. The number of hydrogen-bond donors (Lipinski definition) is 0. The summed E-state index contributed by atoms with van der Waals surface area (Å²) in [6.45, 7) is 7.60. The van der Waals surface area contributed by atoms with Crippen LogP contribution in [0.2, 0.25) is 5.02 Å². The zero-order chi connectivity index (χ0) is 21.3. The molecule has 2 aromatic carbocycles. The van der Waals surface area contributed by atoms with Gasteiger partial charge in [-0.05, 0) is 68.7 Å². The Morgan fingerprint density at radius 2 is 1.47 bits per heavy atom. The molecule has 0 bridgehead atoms. The molecule has 0 spiro atoms. The van der Waals surface area contributed by atoms with Crippen LogP contribution in [0.15, 0.2) is 54.2 Å². The Kier molecular flexibility index (Phi) is 5.82. The number of imide groups is 1. The minimum absolute atomic E-state index is 0.248. The molecule has 2 amide bonds. The molecule has 1 saturated heterocycles. The molecule has 0 saturated carbocycles. The Hall–Kier alpha value is -2.79. The maximum absolute atomic E-state index is 13.5. The molecule has 2 aromatic rings. The van der Waals surface area contributed by atoms with E-state index in [2.05, 4.69) is 23.6 Å². The topological polar surface area (TPSA) is 43.9 Å². The van der Waals surface area contributed by atoms with Gasteiger partial charge in [-0.15, -0.1) is 0 Å². The largest absolute Gasteiger partial charge is 0.372 e. The van der Waals surface area contributed by atoms with Crippen molar-refractivity contribution in [1.29, 1.82) is 0 Å². The van der Waals surface area contributed by atoms with Gasteiger partial charge in [0.1, 0.15) is 5.70 Å². The average molecular weight is 424 g/mol. The first-order chi connectivity index (χ1) is 14.5. The van der Waals surface area contributed by atoms with Crippen LogP contribution in [-0.4, -0.2) is 42.9 Å². The third kappa shape index (κ3) is 3.58. The zero-order valence-corrected chi connectivity index (χ0v) is 18.2. The van der Waals surface area contributed by atoms with E-state index in [1.165, 1.54) is 4.90 Å². The fraction of sp³-hybridized carbons (Fsp3) is 0.333. The van der Waals surface area contributed by atoms with Gasteiger partial charge >= 0.3 is 0 Å². The van der Waals surface area contributed by atoms with Crippen LogP contribution >= 0.6 is 11.6 Å². The van der Waals surface area contributed by atoms with Gasteiger partial charge in [-0.1, -0.05) is 23.7 Å². The number of carbonyl (C=O) groups is 2. The Bertz CT molecular complexity index is 973. The molecule has 1 fully saturated rings. The van der Waals surface area contributed by atoms with Crippen molar-refractivity contribution in [3.05, 3.63) is 64.8 Å². The van der Waals surface area contributed by atoms with Crippen LogP contribution in [0.5, 0.6) is 0 Å². The number of amides is 2. The number of carbonyl (C=O) groups excluding carboxylic acids is 2. The van der Waals surface area contributed by atoms with Crippen LogP contribution in [0.4, 0.5) is 11.4 Å².